The Morgan fingerprint density at radius 2 is 1.58 bits per heavy atom. The molecule has 0 aromatic heterocycles. The number of hydrazone groups is 1. The molecule has 0 unspecified atom stereocenters. The molecule has 0 spiro atoms. The molecular formula is C26H20BrN3O3. The van der Waals surface area contributed by atoms with E-state index in [1.165, 1.54) is 6.21 Å². The Hall–Kier alpha value is -3.97. The first-order valence-corrected chi connectivity index (χ1v) is 11.0. The van der Waals surface area contributed by atoms with Gasteiger partial charge in [0, 0.05) is 21.1 Å². The number of nitrogens with one attached hydrogen (secondary N) is 2. The zero-order valence-corrected chi connectivity index (χ0v) is 19.1. The highest BCUT2D eigenvalue weighted by Crippen LogP contribution is 2.23. The van der Waals surface area contributed by atoms with E-state index in [-0.39, 0.29) is 0 Å². The first kappa shape index (κ1) is 22.2. The van der Waals surface area contributed by atoms with Crippen molar-refractivity contribution in [3.8, 4) is 5.75 Å². The van der Waals surface area contributed by atoms with Gasteiger partial charge in [0.1, 0.15) is 12.4 Å². The molecule has 0 aliphatic carbocycles. The topological polar surface area (TPSA) is 79.8 Å². The predicted octanol–water partition coefficient (Wildman–Crippen LogP) is 5.27. The van der Waals surface area contributed by atoms with Crippen LogP contribution in [0.15, 0.2) is 101 Å². The van der Waals surface area contributed by atoms with Gasteiger partial charge in [-0.2, -0.15) is 5.10 Å². The predicted molar refractivity (Wildman–Crippen MR) is 133 cm³/mol. The average Bonchev–Trinajstić information content (AvgIpc) is 2.84. The molecule has 6 nitrogen and oxygen atoms in total. The van der Waals surface area contributed by atoms with Crippen LogP contribution in [0.3, 0.4) is 0 Å². The van der Waals surface area contributed by atoms with Crippen LogP contribution < -0.4 is 15.5 Å². The largest absolute Gasteiger partial charge is 0.488 e. The Morgan fingerprint density at radius 1 is 0.848 bits per heavy atom. The van der Waals surface area contributed by atoms with Crippen molar-refractivity contribution in [2.45, 2.75) is 6.61 Å². The Labute approximate surface area is 199 Å². The van der Waals surface area contributed by atoms with Crippen LogP contribution in [0.2, 0.25) is 0 Å². The summed E-state index contributed by atoms with van der Waals surface area (Å²) in [5.74, 6) is -1.06. The molecule has 4 aromatic carbocycles. The molecule has 0 aliphatic heterocycles. The lowest BCUT2D eigenvalue weighted by Crippen LogP contribution is -2.32. The summed E-state index contributed by atoms with van der Waals surface area (Å²) in [6.45, 7) is 0.387. The third-order valence-electron chi connectivity index (χ3n) is 4.84. The van der Waals surface area contributed by atoms with Gasteiger partial charge in [-0.15, -0.1) is 0 Å². The standard InChI is InChI=1S/C26H20BrN3O3/c27-21-14-12-18(13-15-21)17-33-24-11-4-2-7-20(24)16-28-30-26(32)25(31)29-23-10-5-8-19-6-1-3-9-22(19)23/h1-16H,17H2,(H,29,31)(H,30,32)/b28-16+. The minimum Gasteiger partial charge on any atom is -0.488 e. The maximum absolute atomic E-state index is 12.3. The summed E-state index contributed by atoms with van der Waals surface area (Å²) in [7, 11) is 0. The Bertz CT molecular complexity index is 1310. The minimum absolute atomic E-state index is 0.387. The van der Waals surface area contributed by atoms with Crippen LogP contribution in [-0.2, 0) is 16.2 Å². The number of para-hydroxylation sites is 1. The number of anilines is 1. The molecule has 4 aromatic rings. The number of benzene rings is 4. The fourth-order valence-corrected chi connectivity index (χ4v) is 3.45. The van der Waals surface area contributed by atoms with Crippen LogP contribution in [0.4, 0.5) is 5.69 Å². The molecule has 0 fully saturated rings. The summed E-state index contributed by atoms with van der Waals surface area (Å²) in [6, 6.07) is 28.2. The number of hydrogen-bond acceptors (Lipinski definition) is 4. The molecule has 0 aliphatic rings. The van der Waals surface area contributed by atoms with Crippen LogP contribution in [-0.4, -0.2) is 18.0 Å². The van der Waals surface area contributed by atoms with E-state index < -0.39 is 11.8 Å². The van der Waals surface area contributed by atoms with Gasteiger partial charge in [0.25, 0.3) is 0 Å². The van der Waals surface area contributed by atoms with E-state index in [4.69, 9.17) is 4.74 Å². The van der Waals surface area contributed by atoms with Crippen molar-refractivity contribution in [3.63, 3.8) is 0 Å². The molecule has 33 heavy (non-hydrogen) atoms. The van der Waals surface area contributed by atoms with Crippen molar-refractivity contribution in [1.29, 1.82) is 0 Å². The lowest BCUT2D eigenvalue weighted by Gasteiger charge is -2.09. The van der Waals surface area contributed by atoms with E-state index >= 15 is 0 Å². The summed E-state index contributed by atoms with van der Waals surface area (Å²) in [6.07, 6.45) is 1.44. The van der Waals surface area contributed by atoms with Crippen LogP contribution in [0.1, 0.15) is 11.1 Å². The molecule has 2 N–H and O–H groups in total. The summed E-state index contributed by atoms with van der Waals surface area (Å²) in [5.41, 5.74) is 4.51. The lowest BCUT2D eigenvalue weighted by molar-refractivity contribution is -0.136. The van der Waals surface area contributed by atoms with Crippen LogP contribution in [0, 0.1) is 0 Å². The van der Waals surface area contributed by atoms with E-state index in [1.54, 1.807) is 6.07 Å². The first-order valence-electron chi connectivity index (χ1n) is 10.2. The maximum Gasteiger partial charge on any atom is 0.329 e. The molecule has 0 heterocycles. The second-order valence-electron chi connectivity index (χ2n) is 7.13. The molecule has 7 heteroatoms. The Morgan fingerprint density at radius 3 is 2.42 bits per heavy atom. The van der Waals surface area contributed by atoms with Gasteiger partial charge in [-0.1, -0.05) is 76.6 Å². The van der Waals surface area contributed by atoms with E-state index in [0.29, 0.717) is 23.6 Å². The number of carbonyl (C=O) groups excluding carboxylic acids is 2. The first-order chi connectivity index (χ1) is 16.1. The lowest BCUT2D eigenvalue weighted by atomic mass is 10.1. The number of ether oxygens (including phenoxy) is 1. The zero-order valence-electron chi connectivity index (χ0n) is 17.5. The van der Waals surface area contributed by atoms with Crippen molar-refractivity contribution < 1.29 is 14.3 Å². The number of nitrogens with zero attached hydrogens (tertiary/aromatic N) is 1. The van der Waals surface area contributed by atoms with Crippen molar-refractivity contribution in [3.05, 3.63) is 107 Å². The van der Waals surface area contributed by atoms with Crippen molar-refractivity contribution in [2.75, 3.05) is 5.32 Å². The Kier molecular flexibility index (Phi) is 7.12. The van der Waals surface area contributed by atoms with E-state index in [0.717, 1.165) is 20.8 Å². The van der Waals surface area contributed by atoms with E-state index in [2.05, 4.69) is 31.8 Å². The Balaban J connectivity index is 1.37. The van der Waals surface area contributed by atoms with Gasteiger partial charge in [0.15, 0.2) is 0 Å². The van der Waals surface area contributed by atoms with Crippen LogP contribution >= 0.6 is 15.9 Å². The summed E-state index contributed by atoms with van der Waals surface area (Å²) in [4.78, 5) is 24.5. The third kappa shape index (κ3) is 5.84. The second kappa shape index (κ2) is 10.6. The highest BCUT2D eigenvalue weighted by atomic mass is 79.9. The van der Waals surface area contributed by atoms with Gasteiger partial charge < -0.3 is 10.1 Å². The fraction of sp³-hybridized carbons (Fsp3) is 0.0385. The smallest absolute Gasteiger partial charge is 0.329 e. The van der Waals surface area contributed by atoms with Gasteiger partial charge in [-0.3, -0.25) is 9.59 Å². The number of carbonyl (C=O) groups is 2. The van der Waals surface area contributed by atoms with Gasteiger partial charge >= 0.3 is 11.8 Å². The molecule has 0 saturated carbocycles. The van der Waals surface area contributed by atoms with E-state index in [1.807, 2.05) is 84.9 Å². The summed E-state index contributed by atoms with van der Waals surface area (Å²) in [5, 5.41) is 8.37. The second-order valence-corrected chi connectivity index (χ2v) is 8.05. The molecule has 0 radical (unpaired) electrons. The molecule has 0 atom stereocenters. The number of amides is 2. The van der Waals surface area contributed by atoms with Gasteiger partial charge in [-0.25, -0.2) is 5.43 Å². The molecule has 164 valence electrons. The fourth-order valence-electron chi connectivity index (χ4n) is 3.19. The van der Waals surface area contributed by atoms with Crippen LogP contribution in [0.5, 0.6) is 5.75 Å². The number of fused-ring (bicyclic) bond motifs is 1. The molecule has 0 saturated heterocycles. The summed E-state index contributed by atoms with van der Waals surface area (Å²) >= 11 is 3.41. The SMILES string of the molecule is O=C(N/N=C/c1ccccc1OCc1ccc(Br)cc1)C(=O)Nc1cccc2ccccc12. The molecule has 0 bridgehead atoms. The van der Waals surface area contributed by atoms with Gasteiger partial charge in [-0.05, 0) is 41.3 Å². The van der Waals surface area contributed by atoms with Crippen molar-refractivity contribution in [1.82, 2.24) is 5.43 Å². The number of halogens is 1. The highest BCUT2D eigenvalue weighted by molar-refractivity contribution is 9.10. The summed E-state index contributed by atoms with van der Waals surface area (Å²) < 4.78 is 6.89. The molecule has 4 rings (SSSR count). The zero-order chi connectivity index (χ0) is 23.0. The van der Waals surface area contributed by atoms with Crippen molar-refractivity contribution >= 4 is 50.4 Å². The number of hydrogen-bond donors (Lipinski definition) is 2. The number of rotatable bonds is 6. The molecule has 2 amide bonds. The maximum atomic E-state index is 12.3. The van der Waals surface area contributed by atoms with Crippen LogP contribution in [0.25, 0.3) is 10.8 Å². The average molecular weight is 502 g/mol. The van der Waals surface area contributed by atoms with E-state index in [9.17, 15) is 9.59 Å². The highest BCUT2D eigenvalue weighted by Gasteiger charge is 2.14. The van der Waals surface area contributed by atoms with Crippen molar-refractivity contribution in [2.24, 2.45) is 5.10 Å². The van der Waals surface area contributed by atoms with Gasteiger partial charge in [0.2, 0.25) is 0 Å². The monoisotopic (exact) mass is 501 g/mol. The molecular weight excluding hydrogens is 482 g/mol. The quantitative estimate of drug-likeness (QED) is 0.214. The van der Waals surface area contributed by atoms with Gasteiger partial charge in [0.05, 0.1) is 6.21 Å². The minimum atomic E-state index is -0.868. The normalized spacial score (nSPS) is 10.8. The third-order valence-corrected chi connectivity index (χ3v) is 5.37.